The van der Waals surface area contributed by atoms with Crippen molar-refractivity contribution in [1.82, 2.24) is 0 Å². The van der Waals surface area contributed by atoms with Gasteiger partial charge in [0.05, 0.1) is 17.1 Å². The van der Waals surface area contributed by atoms with Crippen LogP contribution in [0.2, 0.25) is 0 Å². The van der Waals surface area contributed by atoms with Gasteiger partial charge in [-0.05, 0) is 37.1 Å². The second-order valence-corrected chi connectivity index (χ2v) is 7.01. The number of para-hydroxylation sites is 3. The van der Waals surface area contributed by atoms with Crippen LogP contribution in [0.4, 0.5) is 17.1 Å². The van der Waals surface area contributed by atoms with E-state index in [1.165, 1.54) is 5.01 Å². The summed E-state index contributed by atoms with van der Waals surface area (Å²) in [5, 5.41) is 8.91. The Kier molecular flexibility index (Phi) is 4.97. The fraction of sp³-hybridized carbons (Fsp3) is 0.286. The number of rotatable bonds is 5. The van der Waals surface area contributed by atoms with Crippen molar-refractivity contribution in [2.45, 2.75) is 25.3 Å². The van der Waals surface area contributed by atoms with Gasteiger partial charge >= 0.3 is 0 Å². The summed E-state index contributed by atoms with van der Waals surface area (Å²) < 4.78 is 0. The van der Waals surface area contributed by atoms with Crippen LogP contribution in [0.25, 0.3) is 0 Å². The van der Waals surface area contributed by atoms with Gasteiger partial charge in [0.1, 0.15) is 11.8 Å². The van der Waals surface area contributed by atoms with Crippen LogP contribution >= 0.6 is 0 Å². The Morgan fingerprint density at radius 1 is 1.00 bits per heavy atom. The van der Waals surface area contributed by atoms with E-state index in [2.05, 4.69) is 15.3 Å². The average molecular weight is 377 g/mol. The van der Waals surface area contributed by atoms with E-state index in [0.717, 1.165) is 43.0 Å². The zero-order chi connectivity index (χ0) is 19.5. The number of carbonyl (C=O) groups is 2. The summed E-state index contributed by atoms with van der Waals surface area (Å²) in [6.07, 6.45) is 2.49. The Morgan fingerprint density at radius 2 is 1.68 bits per heavy atom. The molecular formula is C21H23N5O2. The van der Waals surface area contributed by atoms with E-state index in [0.29, 0.717) is 5.71 Å². The lowest BCUT2D eigenvalue weighted by atomic mass is 10.1. The van der Waals surface area contributed by atoms with Gasteiger partial charge in [0.2, 0.25) is 5.91 Å². The van der Waals surface area contributed by atoms with Crippen molar-refractivity contribution in [2.24, 2.45) is 10.8 Å². The van der Waals surface area contributed by atoms with Crippen molar-refractivity contribution in [3.05, 3.63) is 54.6 Å². The van der Waals surface area contributed by atoms with Crippen LogP contribution in [0.15, 0.2) is 59.7 Å². The molecule has 0 aromatic heterocycles. The molecule has 2 aliphatic rings. The third-order valence-electron chi connectivity index (χ3n) is 5.12. The normalized spacial score (nSPS) is 18.9. The molecule has 2 aromatic rings. The van der Waals surface area contributed by atoms with Gasteiger partial charge in [-0.3, -0.25) is 14.6 Å². The molecule has 2 aromatic carbocycles. The Bertz CT molecular complexity index is 906. The van der Waals surface area contributed by atoms with Crippen LogP contribution < -0.4 is 21.0 Å². The van der Waals surface area contributed by atoms with Gasteiger partial charge in [0.25, 0.3) is 5.91 Å². The zero-order valence-corrected chi connectivity index (χ0v) is 15.5. The molecule has 28 heavy (non-hydrogen) atoms. The molecular weight excluding hydrogens is 354 g/mol. The lowest BCUT2D eigenvalue weighted by molar-refractivity contribution is -0.119. The third-order valence-corrected chi connectivity index (χ3v) is 5.12. The molecule has 7 nitrogen and oxygen atoms in total. The molecule has 0 aliphatic carbocycles. The molecule has 0 spiro atoms. The minimum absolute atomic E-state index is 0.182. The van der Waals surface area contributed by atoms with Gasteiger partial charge in [-0.1, -0.05) is 30.3 Å². The summed E-state index contributed by atoms with van der Waals surface area (Å²) in [6, 6.07) is 16.4. The van der Waals surface area contributed by atoms with E-state index in [9.17, 15) is 9.59 Å². The van der Waals surface area contributed by atoms with E-state index in [4.69, 9.17) is 5.73 Å². The molecule has 1 fully saturated rings. The minimum atomic E-state index is -0.669. The monoisotopic (exact) mass is 377 g/mol. The van der Waals surface area contributed by atoms with Crippen molar-refractivity contribution in [1.29, 1.82) is 0 Å². The summed E-state index contributed by atoms with van der Waals surface area (Å²) >= 11 is 0. The number of nitrogens with one attached hydrogen (secondary N) is 1. The van der Waals surface area contributed by atoms with Crippen molar-refractivity contribution < 1.29 is 9.59 Å². The molecule has 0 saturated carbocycles. The molecule has 0 radical (unpaired) electrons. The number of hydrazone groups is 1. The second kappa shape index (κ2) is 7.72. The van der Waals surface area contributed by atoms with E-state index < -0.39 is 11.9 Å². The van der Waals surface area contributed by atoms with Crippen LogP contribution in [0, 0.1) is 0 Å². The third kappa shape index (κ3) is 3.55. The van der Waals surface area contributed by atoms with Crippen LogP contribution in [-0.2, 0) is 9.59 Å². The second-order valence-electron chi connectivity index (χ2n) is 7.01. The van der Waals surface area contributed by atoms with Crippen molar-refractivity contribution >= 4 is 34.6 Å². The first-order valence-corrected chi connectivity index (χ1v) is 9.50. The van der Waals surface area contributed by atoms with Crippen LogP contribution in [0.5, 0.6) is 0 Å². The first kappa shape index (κ1) is 18.0. The Hall–Kier alpha value is -3.35. The zero-order valence-electron chi connectivity index (χ0n) is 15.5. The van der Waals surface area contributed by atoms with Gasteiger partial charge in [0.15, 0.2) is 0 Å². The molecule has 1 saturated heterocycles. The molecule has 7 heteroatoms. The molecule has 0 bridgehead atoms. The fourth-order valence-corrected chi connectivity index (χ4v) is 3.70. The summed E-state index contributed by atoms with van der Waals surface area (Å²) in [5.74, 6) is -0.816. The summed E-state index contributed by atoms with van der Waals surface area (Å²) in [6.45, 7) is 1.97. The first-order valence-electron chi connectivity index (χ1n) is 9.50. The number of nitrogens with zero attached hydrogens (tertiary/aromatic N) is 3. The summed E-state index contributed by atoms with van der Waals surface area (Å²) in [4.78, 5) is 27.1. The van der Waals surface area contributed by atoms with Crippen molar-refractivity contribution in [3.8, 4) is 0 Å². The Morgan fingerprint density at radius 3 is 2.39 bits per heavy atom. The van der Waals surface area contributed by atoms with E-state index in [-0.39, 0.29) is 12.3 Å². The number of benzene rings is 2. The van der Waals surface area contributed by atoms with Crippen LogP contribution in [0.1, 0.15) is 19.3 Å². The SMILES string of the molecule is NC(=O)[C@@H]1CC(C(=O)Nc2ccccc2N2CCCC2)=NN1c1ccccc1. The maximum atomic E-state index is 12.9. The largest absolute Gasteiger partial charge is 0.370 e. The highest BCUT2D eigenvalue weighted by Crippen LogP contribution is 2.29. The molecule has 2 amide bonds. The van der Waals surface area contributed by atoms with Gasteiger partial charge in [-0.25, -0.2) is 0 Å². The van der Waals surface area contributed by atoms with Crippen molar-refractivity contribution in [2.75, 3.05) is 28.3 Å². The maximum absolute atomic E-state index is 12.9. The number of primary amides is 1. The Balaban J connectivity index is 1.56. The van der Waals surface area contributed by atoms with Crippen LogP contribution in [-0.4, -0.2) is 36.7 Å². The maximum Gasteiger partial charge on any atom is 0.272 e. The van der Waals surface area contributed by atoms with Crippen LogP contribution in [0.3, 0.4) is 0 Å². The lowest BCUT2D eigenvalue weighted by Gasteiger charge is -2.21. The van der Waals surface area contributed by atoms with Gasteiger partial charge in [-0.2, -0.15) is 5.10 Å². The Labute approximate surface area is 163 Å². The average Bonchev–Trinajstić information content (AvgIpc) is 3.39. The number of hydrogen-bond acceptors (Lipinski definition) is 5. The molecule has 1 atom stereocenters. The highest BCUT2D eigenvalue weighted by Gasteiger charge is 2.35. The van der Waals surface area contributed by atoms with E-state index in [1.54, 1.807) is 0 Å². The molecule has 144 valence electrons. The highest BCUT2D eigenvalue weighted by molar-refractivity contribution is 6.44. The smallest absolute Gasteiger partial charge is 0.272 e. The highest BCUT2D eigenvalue weighted by atomic mass is 16.2. The standard InChI is InChI=1S/C21H23N5O2/c22-20(27)19-14-17(24-26(19)15-8-2-1-3-9-15)21(28)23-16-10-4-5-11-18(16)25-12-6-7-13-25/h1-5,8-11,19H,6-7,12-14H2,(H2,22,27)(H,23,28)/t19-/m0/s1. The van der Waals surface area contributed by atoms with E-state index in [1.807, 2.05) is 54.6 Å². The molecule has 2 heterocycles. The number of anilines is 3. The molecule has 4 rings (SSSR count). The number of carbonyl (C=O) groups excluding carboxylic acids is 2. The lowest BCUT2D eigenvalue weighted by Crippen LogP contribution is -2.39. The molecule has 2 aliphatic heterocycles. The van der Waals surface area contributed by atoms with Gasteiger partial charge in [0, 0.05) is 19.5 Å². The number of nitrogens with two attached hydrogens (primary N) is 1. The van der Waals surface area contributed by atoms with E-state index >= 15 is 0 Å². The predicted molar refractivity (Wildman–Crippen MR) is 110 cm³/mol. The quantitative estimate of drug-likeness (QED) is 0.837. The topological polar surface area (TPSA) is 91.0 Å². The molecule has 3 N–H and O–H groups in total. The minimum Gasteiger partial charge on any atom is -0.370 e. The van der Waals surface area contributed by atoms with Gasteiger partial charge in [-0.15, -0.1) is 0 Å². The fourth-order valence-electron chi connectivity index (χ4n) is 3.70. The number of amides is 2. The number of hydrogen-bond donors (Lipinski definition) is 2. The summed E-state index contributed by atoms with van der Waals surface area (Å²) in [7, 11) is 0. The van der Waals surface area contributed by atoms with Gasteiger partial charge < -0.3 is 16.0 Å². The van der Waals surface area contributed by atoms with Crippen molar-refractivity contribution in [3.63, 3.8) is 0 Å². The predicted octanol–water partition coefficient (Wildman–Crippen LogP) is 2.35. The molecule has 0 unspecified atom stereocenters. The first-order chi connectivity index (χ1) is 13.6. The summed E-state index contributed by atoms with van der Waals surface area (Å²) in [5.41, 5.74) is 8.35.